The summed E-state index contributed by atoms with van der Waals surface area (Å²) >= 11 is 5.81. The monoisotopic (exact) mass is 321 g/mol. The smallest absolute Gasteiger partial charge is 0.266 e. The number of fused-ring (bicyclic) bond motifs is 1. The van der Waals surface area contributed by atoms with E-state index in [-0.39, 0.29) is 5.57 Å². The van der Waals surface area contributed by atoms with Crippen LogP contribution in [-0.4, -0.2) is 10.9 Å². The van der Waals surface area contributed by atoms with E-state index < -0.39 is 5.91 Å². The van der Waals surface area contributed by atoms with Gasteiger partial charge in [0.2, 0.25) is 0 Å². The number of halogens is 1. The maximum atomic E-state index is 12.2. The lowest BCUT2D eigenvalue weighted by Gasteiger charge is -2.04. The van der Waals surface area contributed by atoms with Gasteiger partial charge in [-0.1, -0.05) is 29.8 Å². The Morgan fingerprint density at radius 1 is 1.17 bits per heavy atom. The van der Waals surface area contributed by atoms with Crippen molar-refractivity contribution in [3.8, 4) is 6.07 Å². The Bertz CT molecular complexity index is 933. The number of anilines is 1. The molecule has 0 spiro atoms. The molecule has 0 aliphatic carbocycles. The van der Waals surface area contributed by atoms with Gasteiger partial charge in [-0.3, -0.25) is 4.79 Å². The summed E-state index contributed by atoms with van der Waals surface area (Å²) in [5, 5.41) is 13.5. The summed E-state index contributed by atoms with van der Waals surface area (Å²) in [6.07, 6.45) is 3.35. The number of benzene rings is 2. The molecule has 2 N–H and O–H groups in total. The molecule has 0 bridgehead atoms. The van der Waals surface area contributed by atoms with Crippen LogP contribution in [0, 0.1) is 11.3 Å². The molecule has 1 heterocycles. The van der Waals surface area contributed by atoms with Gasteiger partial charge in [-0.25, -0.2) is 0 Å². The van der Waals surface area contributed by atoms with Crippen molar-refractivity contribution in [2.24, 2.45) is 0 Å². The average Bonchev–Trinajstić information content (AvgIpc) is 2.97. The van der Waals surface area contributed by atoms with Gasteiger partial charge in [0.25, 0.3) is 5.91 Å². The largest absolute Gasteiger partial charge is 0.361 e. The molecule has 1 aromatic heterocycles. The highest BCUT2D eigenvalue weighted by atomic mass is 35.5. The van der Waals surface area contributed by atoms with Crippen LogP contribution in [0.3, 0.4) is 0 Å². The van der Waals surface area contributed by atoms with Gasteiger partial charge in [0.1, 0.15) is 11.6 Å². The van der Waals surface area contributed by atoms with Gasteiger partial charge in [0.15, 0.2) is 0 Å². The molecular weight excluding hydrogens is 310 g/mol. The summed E-state index contributed by atoms with van der Waals surface area (Å²) in [7, 11) is 0. The first-order chi connectivity index (χ1) is 11.2. The zero-order valence-electron chi connectivity index (χ0n) is 12.0. The number of H-pyrrole nitrogens is 1. The Morgan fingerprint density at radius 3 is 2.65 bits per heavy atom. The van der Waals surface area contributed by atoms with Crippen molar-refractivity contribution in [3.63, 3.8) is 0 Å². The second kappa shape index (κ2) is 6.39. The van der Waals surface area contributed by atoms with Gasteiger partial charge in [-0.15, -0.1) is 0 Å². The Balaban J connectivity index is 1.88. The predicted molar refractivity (Wildman–Crippen MR) is 92.0 cm³/mol. The topological polar surface area (TPSA) is 68.7 Å². The number of carbonyl (C=O) groups excluding carboxylic acids is 1. The van der Waals surface area contributed by atoms with Crippen LogP contribution in [0.5, 0.6) is 0 Å². The highest BCUT2D eigenvalue weighted by molar-refractivity contribution is 6.30. The van der Waals surface area contributed by atoms with Gasteiger partial charge in [-0.2, -0.15) is 5.26 Å². The van der Waals surface area contributed by atoms with E-state index in [1.807, 2.05) is 30.3 Å². The van der Waals surface area contributed by atoms with Crippen LogP contribution in [0.1, 0.15) is 5.56 Å². The van der Waals surface area contributed by atoms with E-state index in [4.69, 9.17) is 11.6 Å². The van der Waals surface area contributed by atoms with Gasteiger partial charge < -0.3 is 10.3 Å². The molecule has 1 amide bonds. The highest BCUT2D eigenvalue weighted by Gasteiger charge is 2.11. The molecule has 3 rings (SSSR count). The van der Waals surface area contributed by atoms with E-state index in [0.717, 1.165) is 16.5 Å². The third-order valence-electron chi connectivity index (χ3n) is 3.39. The van der Waals surface area contributed by atoms with Gasteiger partial charge in [-0.05, 0) is 36.4 Å². The summed E-state index contributed by atoms with van der Waals surface area (Å²) in [6.45, 7) is 0. The highest BCUT2D eigenvalue weighted by Crippen LogP contribution is 2.21. The van der Waals surface area contributed by atoms with Crippen molar-refractivity contribution < 1.29 is 4.79 Å². The molecule has 2 aromatic carbocycles. The van der Waals surface area contributed by atoms with Crippen LogP contribution in [0.25, 0.3) is 17.0 Å². The Morgan fingerprint density at radius 2 is 1.91 bits per heavy atom. The van der Waals surface area contributed by atoms with Crippen molar-refractivity contribution in [3.05, 3.63) is 70.9 Å². The summed E-state index contributed by atoms with van der Waals surface area (Å²) < 4.78 is 0. The van der Waals surface area contributed by atoms with Crippen molar-refractivity contribution in [1.29, 1.82) is 5.26 Å². The van der Waals surface area contributed by atoms with E-state index in [2.05, 4.69) is 10.3 Å². The van der Waals surface area contributed by atoms with Crippen molar-refractivity contribution in [2.75, 3.05) is 5.32 Å². The summed E-state index contributed by atoms with van der Waals surface area (Å²) in [5.41, 5.74) is 2.36. The predicted octanol–water partition coefficient (Wildman–Crippen LogP) is 4.37. The van der Waals surface area contributed by atoms with Crippen molar-refractivity contribution >= 4 is 40.2 Å². The standard InChI is InChI=1S/C18H12ClN3O/c19-14-5-7-15(8-6-14)22-18(23)12(10-20)9-13-11-21-17-4-2-1-3-16(13)17/h1-9,11,21H,(H,22,23)/b12-9-. The van der Waals surface area contributed by atoms with E-state index >= 15 is 0 Å². The average molecular weight is 322 g/mol. The third kappa shape index (κ3) is 3.25. The molecule has 0 saturated heterocycles. The molecule has 0 fully saturated rings. The Kier molecular flexibility index (Phi) is 4.13. The summed E-state index contributed by atoms with van der Waals surface area (Å²) in [4.78, 5) is 15.4. The molecule has 0 aliphatic rings. The molecule has 0 aliphatic heterocycles. The number of aromatic nitrogens is 1. The number of hydrogen-bond acceptors (Lipinski definition) is 2. The lowest BCUT2D eigenvalue weighted by molar-refractivity contribution is -0.112. The zero-order chi connectivity index (χ0) is 16.2. The Labute approximate surface area is 138 Å². The van der Waals surface area contributed by atoms with Crippen LogP contribution in [-0.2, 0) is 4.79 Å². The fraction of sp³-hybridized carbons (Fsp3) is 0. The molecule has 4 nitrogen and oxygen atoms in total. The van der Waals surface area contributed by atoms with Gasteiger partial charge in [0, 0.05) is 33.4 Å². The molecule has 0 radical (unpaired) electrons. The normalized spacial score (nSPS) is 11.2. The number of rotatable bonds is 3. The number of amides is 1. The van der Waals surface area contributed by atoms with Crippen LogP contribution < -0.4 is 5.32 Å². The number of aromatic amines is 1. The second-order valence-electron chi connectivity index (χ2n) is 4.92. The first-order valence-electron chi connectivity index (χ1n) is 6.92. The van der Waals surface area contributed by atoms with Crippen molar-refractivity contribution in [2.45, 2.75) is 0 Å². The first-order valence-corrected chi connectivity index (χ1v) is 7.30. The lowest BCUT2D eigenvalue weighted by atomic mass is 10.1. The van der Waals surface area contributed by atoms with E-state index in [0.29, 0.717) is 10.7 Å². The molecule has 0 atom stereocenters. The molecule has 0 unspecified atom stereocenters. The zero-order valence-corrected chi connectivity index (χ0v) is 12.8. The Hall–Kier alpha value is -3.03. The van der Waals surface area contributed by atoms with Crippen LogP contribution in [0.4, 0.5) is 5.69 Å². The summed E-state index contributed by atoms with van der Waals surface area (Å²) in [6, 6.07) is 16.4. The molecule has 5 heteroatoms. The fourth-order valence-electron chi connectivity index (χ4n) is 2.25. The second-order valence-corrected chi connectivity index (χ2v) is 5.36. The maximum absolute atomic E-state index is 12.2. The van der Waals surface area contributed by atoms with Gasteiger partial charge >= 0.3 is 0 Å². The SMILES string of the molecule is N#C/C(=C/c1c[nH]c2ccccc12)C(=O)Nc1ccc(Cl)cc1. The third-order valence-corrected chi connectivity index (χ3v) is 3.64. The molecule has 0 saturated carbocycles. The van der Waals surface area contributed by atoms with Crippen molar-refractivity contribution in [1.82, 2.24) is 4.98 Å². The van der Waals surface area contributed by atoms with E-state index in [9.17, 15) is 10.1 Å². The number of nitrogens with zero attached hydrogens (tertiary/aromatic N) is 1. The number of hydrogen-bond donors (Lipinski definition) is 2. The van der Waals surface area contributed by atoms with E-state index in [1.54, 1.807) is 36.5 Å². The van der Waals surface area contributed by atoms with Crippen LogP contribution >= 0.6 is 11.6 Å². The quantitative estimate of drug-likeness (QED) is 0.555. The first kappa shape index (κ1) is 14.9. The van der Waals surface area contributed by atoms with Crippen LogP contribution in [0.15, 0.2) is 60.3 Å². The number of carbonyl (C=O) groups is 1. The molecular formula is C18H12ClN3O. The number of para-hydroxylation sites is 1. The summed E-state index contributed by atoms with van der Waals surface area (Å²) in [5.74, 6) is -0.458. The lowest BCUT2D eigenvalue weighted by Crippen LogP contribution is -2.13. The van der Waals surface area contributed by atoms with Crippen LogP contribution in [0.2, 0.25) is 5.02 Å². The van der Waals surface area contributed by atoms with Gasteiger partial charge in [0.05, 0.1) is 0 Å². The minimum absolute atomic E-state index is 0.0321. The molecule has 23 heavy (non-hydrogen) atoms. The minimum atomic E-state index is -0.458. The number of nitriles is 1. The number of nitrogens with one attached hydrogen (secondary N) is 2. The fourth-order valence-corrected chi connectivity index (χ4v) is 2.38. The molecule has 3 aromatic rings. The minimum Gasteiger partial charge on any atom is -0.361 e. The maximum Gasteiger partial charge on any atom is 0.266 e. The van der Waals surface area contributed by atoms with E-state index in [1.165, 1.54) is 0 Å². The molecule has 112 valence electrons.